The van der Waals surface area contributed by atoms with Crippen LogP contribution < -0.4 is 11.5 Å². The van der Waals surface area contributed by atoms with E-state index in [0.717, 1.165) is 22.5 Å². The van der Waals surface area contributed by atoms with E-state index in [0.29, 0.717) is 13.2 Å². The van der Waals surface area contributed by atoms with Gasteiger partial charge in [0.25, 0.3) is 0 Å². The molecular formula is C14H16N2O. The fraction of sp³-hybridized carbons (Fsp3) is 0.143. The molecular weight excluding hydrogens is 212 g/mol. The van der Waals surface area contributed by atoms with Crippen LogP contribution in [0.25, 0.3) is 0 Å². The maximum atomic E-state index is 5.69. The molecule has 0 atom stereocenters. The van der Waals surface area contributed by atoms with Crippen LogP contribution in [0.4, 0.5) is 11.4 Å². The van der Waals surface area contributed by atoms with Crippen LogP contribution >= 0.6 is 0 Å². The maximum absolute atomic E-state index is 5.69. The van der Waals surface area contributed by atoms with Crippen LogP contribution in [0, 0.1) is 0 Å². The number of hydrogen-bond acceptors (Lipinski definition) is 3. The molecule has 2 aromatic rings. The quantitative estimate of drug-likeness (QED) is 0.790. The fourth-order valence-electron chi connectivity index (χ4n) is 1.58. The summed E-state index contributed by atoms with van der Waals surface area (Å²) >= 11 is 0. The minimum Gasteiger partial charge on any atom is -0.399 e. The highest BCUT2D eigenvalue weighted by molar-refractivity contribution is 5.40. The van der Waals surface area contributed by atoms with E-state index in [1.54, 1.807) is 0 Å². The summed E-state index contributed by atoms with van der Waals surface area (Å²) in [4.78, 5) is 0. The molecule has 2 aromatic carbocycles. The van der Waals surface area contributed by atoms with Gasteiger partial charge in [-0.05, 0) is 35.4 Å². The predicted molar refractivity (Wildman–Crippen MR) is 70.2 cm³/mol. The molecule has 0 aliphatic heterocycles. The van der Waals surface area contributed by atoms with Crippen molar-refractivity contribution in [1.82, 2.24) is 0 Å². The van der Waals surface area contributed by atoms with Gasteiger partial charge >= 0.3 is 0 Å². The van der Waals surface area contributed by atoms with Crippen molar-refractivity contribution in [3.63, 3.8) is 0 Å². The molecule has 88 valence electrons. The highest BCUT2D eigenvalue weighted by Gasteiger charge is 1.96. The van der Waals surface area contributed by atoms with Gasteiger partial charge in [-0.25, -0.2) is 0 Å². The van der Waals surface area contributed by atoms with Crippen LogP contribution in [0.3, 0.4) is 0 Å². The van der Waals surface area contributed by atoms with Gasteiger partial charge in [-0.15, -0.1) is 0 Å². The number of ether oxygens (including phenoxy) is 1. The Labute approximate surface area is 101 Å². The van der Waals surface area contributed by atoms with E-state index < -0.39 is 0 Å². The van der Waals surface area contributed by atoms with Gasteiger partial charge in [0.15, 0.2) is 0 Å². The van der Waals surface area contributed by atoms with Gasteiger partial charge in [-0.3, -0.25) is 0 Å². The third-order valence-corrected chi connectivity index (χ3v) is 2.47. The first-order valence-electron chi connectivity index (χ1n) is 5.50. The van der Waals surface area contributed by atoms with E-state index in [-0.39, 0.29) is 0 Å². The zero-order valence-electron chi connectivity index (χ0n) is 9.60. The summed E-state index contributed by atoms with van der Waals surface area (Å²) in [6.45, 7) is 1.14. The third-order valence-electron chi connectivity index (χ3n) is 2.47. The fourth-order valence-corrected chi connectivity index (χ4v) is 1.58. The summed E-state index contributed by atoms with van der Waals surface area (Å²) in [5, 5.41) is 0. The molecule has 0 saturated heterocycles. The number of benzene rings is 2. The first-order valence-corrected chi connectivity index (χ1v) is 5.50. The van der Waals surface area contributed by atoms with E-state index >= 15 is 0 Å². The van der Waals surface area contributed by atoms with Crippen LogP contribution in [0.1, 0.15) is 11.1 Å². The second kappa shape index (κ2) is 5.37. The molecule has 0 amide bonds. The van der Waals surface area contributed by atoms with Gasteiger partial charge < -0.3 is 16.2 Å². The summed E-state index contributed by atoms with van der Waals surface area (Å²) in [6.07, 6.45) is 0. The van der Waals surface area contributed by atoms with Crippen molar-refractivity contribution in [3.8, 4) is 0 Å². The van der Waals surface area contributed by atoms with E-state index in [1.807, 2.05) is 48.5 Å². The molecule has 3 nitrogen and oxygen atoms in total. The first kappa shape index (κ1) is 11.5. The predicted octanol–water partition coefficient (Wildman–Crippen LogP) is 2.57. The van der Waals surface area contributed by atoms with Crippen LogP contribution in [0.5, 0.6) is 0 Å². The monoisotopic (exact) mass is 228 g/mol. The average molecular weight is 228 g/mol. The molecule has 0 aliphatic rings. The second-order valence-electron chi connectivity index (χ2n) is 3.98. The Bertz CT molecular complexity index is 480. The number of hydrogen-bond donors (Lipinski definition) is 2. The molecule has 3 heteroatoms. The van der Waals surface area contributed by atoms with Crippen molar-refractivity contribution >= 4 is 11.4 Å². The SMILES string of the molecule is Nc1ccc(COCc2cccc(N)c2)cc1. The molecule has 0 radical (unpaired) electrons. The normalized spacial score (nSPS) is 10.4. The maximum Gasteiger partial charge on any atom is 0.0722 e. The molecule has 4 N–H and O–H groups in total. The van der Waals surface area contributed by atoms with E-state index in [4.69, 9.17) is 16.2 Å². The Hall–Kier alpha value is -2.00. The zero-order valence-corrected chi connectivity index (χ0v) is 9.60. The molecule has 0 bridgehead atoms. The molecule has 0 unspecified atom stereocenters. The van der Waals surface area contributed by atoms with Crippen molar-refractivity contribution in [1.29, 1.82) is 0 Å². The Balaban J connectivity index is 1.85. The van der Waals surface area contributed by atoms with Crippen molar-refractivity contribution in [2.75, 3.05) is 11.5 Å². The summed E-state index contributed by atoms with van der Waals surface area (Å²) in [5.74, 6) is 0. The highest BCUT2D eigenvalue weighted by Crippen LogP contribution is 2.10. The average Bonchev–Trinajstić information content (AvgIpc) is 2.32. The van der Waals surface area contributed by atoms with Crippen LogP contribution in [0.2, 0.25) is 0 Å². The Morgan fingerprint density at radius 2 is 1.47 bits per heavy atom. The van der Waals surface area contributed by atoms with E-state index in [9.17, 15) is 0 Å². The van der Waals surface area contributed by atoms with Crippen LogP contribution in [0.15, 0.2) is 48.5 Å². The largest absolute Gasteiger partial charge is 0.399 e. The van der Waals surface area contributed by atoms with Gasteiger partial charge in [-0.2, -0.15) is 0 Å². The minimum absolute atomic E-state index is 0.565. The summed E-state index contributed by atoms with van der Waals surface area (Å²) in [6, 6.07) is 15.4. The molecule has 0 heterocycles. The van der Waals surface area contributed by atoms with Gasteiger partial charge in [0.2, 0.25) is 0 Å². The number of nitrogen functional groups attached to an aromatic ring is 2. The lowest BCUT2D eigenvalue weighted by Gasteiger charge is -2.05. The van der Waals surface area contributed by atoms with E-state index in [2.05, 4.69) is 0 Å². The zero-order chi connectivity index (χ0) is 12.1. The van der Waals surface area contributed by atoms with Gasteiger partial charge in [0, 0.05) is 11.4 Å². The Kier molecular flexibility index (Phi) is 3.62. The lowest BCUT2D eigenvalue weighted by Crippen LogP contribution is -1.95. The minimum atomic E-state index is 0.565. The van der Waals surface area contributed by atoms with Gasteiger partial charge in [-0.1, -0.05) is 24.3 Å². The Morgan fingerprint density at radius 3 is 2.18 bits per heavy atom. The van der Waals surface area contributed by atoms with Gasteiger partial charge in [0.1, 0.15) is 0 Å². The topological polar surface area (TPSA) is 61.3 Å². The third kappa shape index (κ3) is 3.50. The second-order valence-corrected chi connectivity index (χ2v) is 3.98. The molecule has 0 aromatic heterocycles. The van der Waals surface area contributed by atoms with Crippen LogP contribution in [-0.2, 0) is 18.0 Å². The standard InChI is InChI=1S/C14H16N2O/c15-13-6-4-11(5-7-13)9-17-10-12-2-1-3-14(16)8-12/h1-8H,9-10,15-16H2. The smallest absolute Gasteiger partial charge is 0.0722 e. The molecule has 0 aliphatic carbocycles. The van der Waals surface area contributed by atoms with Crippen LogP contribution in [-0.4, -0.2) is 0 Å². The number of nitrogens with two attached hydrogens (primary N) is 2. The van der Waals surface area contributed by atoms with Crippen molar-refractivity contribution < 1.29 is 4.74 Å². The molecule has 0 fully saturated rings. The molecule has 2 rings (SSSR count). The lowest BCUT2D eigenvalue weighted by molar-refractivity contribution is 0.107. The molecule has 0 spiro atoms. The highest BCUT2D eigenvalue weighted by atomic mass is 16.5. The number of anilines is 2. The summed E-state index contributed by atoms with van der Waals surface area (Å²) < 4.78 is 5.60. The molecule has 0 saturated carbocycles. The van der Waals surface area contributed by atoms with Crippen molar-refractivity contribution in [2.24, 2.45) is 0 Å². The summed E-state index contributed by atoms with van der Waals surface area (Å²) in [5.41, 5.74) is 15.0. The summed E-state index contributed by atoms with van der Waals surface area (Å²) in [7, 11) is 0. The van der Waals surface area contributed by atoms with E-state index in [1.165, 1.54) is 0 Å². The van der Waals surface area contributed by atoms with Crippen molar-refractivity contribution in [2.45, 2.75) is 13.2 Å². The number of rotatable bonds is 4. The Morgan fingerprint density at radius 1 is 0.765 bits per heavy atom. The lowest BCUT2D eigenvalue weighted by atomic mass is 10.2. The molecule has 17 heavy (non-hydrogen) atoms. The first-order chi connectivity index (χ1) is 8.24. The van der Waals surface area contributed by atoms with Gasteiger partial charge in [0.05, 0.1) is 13.2 Å². The van der Waals surface area contributed by atoms with Crippen molar-refractivity contribution in [3.05, 3.63) is 59.7 Å².